The average molecular weight is 267 g/mol. The van der Waals surface area contributed by atoms with Gasteiger partial charge in [-0.25, -0.2) is 8.78 Å². The fraction of sp³-hybridized carbons (Fsp3) is 0.533. The summed E-state index contributed by atoms with van der Waals surface area (Å²) in [4.78, 5) is 14.1. The minimum Gasteiger partial charge on any atom is -0.293 e. The molecule has 0 radical (unpaired) electrons. The van der Waals surface area contributed by atoms with Crippen LogP contribution >= 0.6 is 0 Å². The van der Waals surface area contributed by atoms with Crippen molar-refractivity contribution in [2.45, 2.75) is 32.7 Å². The van der Waals surface area contributed by atoms with Gasteiger partial charge < -0.3 is 0 Å². The van der Waals surface area contributed by atoms with Gasteiger partial charge in [0.05, 0.1) is 12.1 Å². The van der Waals surface area contributed by atoms with Crippen LogP contribution in [0.1, 0.15) is 37.0 Å². The first-order valence-electron chi connectivity index (χ1n) is 6.70. The number of halogens is 2. The Morgan fingerprint density at radius 2 is 1.89 bits per heavy atom. The molecule has 1 aromatic carbocycles. The summed E-state index contributed by atoms with van der Waals surface area (Å²) >= 11 is 0. The van der Waals surface area contributed by atoms with E-state index in [1.165, 1.54) is 6.07 Å². The summed E-state index contributed by atoms with van der Waals surface area (Å²) in [5.41, 5.74) is -0.406. The van der Waals surface area contributed by atoms with Gasteiger partial charge in [-0.3, -0.25) is 9.69 Å². The number of benzene rings is 1. The second-order valence-electron chi connectivity index (χ2n) is 5.57. The second kappa shape index (κ2) is 5.78. The predicted octanol–water partition coefficient (Wildman–Crippen LogP) is 3.27. The molecule has 104 valence electrons. The minimum absolute atomic E-state index is 0.0979. The summed E-state index contributed by atoms with van der Waals surface area (Å²) < 4.78 is 27.1. The highest BCUT2D eigenvalue weighted by Gasteiger charge is 2.31. The number of Topliss-reactive ketones (excluding diaryl/α,β-unsaturated/α-hetero) is 1. The Morgan fingerprint density at radius 1 is 1.32 bits per heavy atom. The summed E-state index contributed by atoms with van der Waals surface area (Å²) in [6.45, 7) is 5.03. The van der Waals surface area contributed by atoms with E-state index < -0.39 is 23.0 Å². The summed E-state index contributed by atoms with van der Waals surface area (Å²) in [5, 5.41) is 0. The van der Waals surface area contributed by atoms with Crippen LogP contribution in [0.2, 0.25) is 0 Å². The van der Waals surface area contributed by atoms with E-state index in [1.54, 1.807) is 0 Å². The van der Waals surface area contributed by atoms with E-state index in [1.807, 2.05) is 4.90 Å². The molecule has 2 nitrogen and oxygen atoms in total. The lowest BCUT2D eigenvalue weighted by molar-refractivity contribution is 0.0907. The summed E-state index contributed by atoms with van der Waals surface area (Å²) in [5.74, 6) is -1.59. The number of nitrogens with zero attached hydrogens (tertiary/aromatic N) is 1. The third-order valence-corrected chi connectivity index (χ3v) is 3.25. The van der Waals surface area contributed by atoms with Gasteiger partial charge in [0.1, 0.15) is 11.6 Å². The lowest BCUT2D eigenvalue weighted by atomic mass is 10.1. The van der Waals surface area contributed by atoms with E-state index in [9.17, 15) is 13.6 Å². The molecule has 19 heavy (non-hydrogen) atoms. The standard InChI is InChI=1S/C15H19F2NO/c1-10(2)8-18(11-6-7-11)9-14(19)15-12(16)4-3-5-13(15)17/h3-5,10-11H,6-9H2,1-2H3. The maximum atomic E-state index is 13.6. The van der Waals surface area contributed by atoms with E-state index in [4.69, 9.17) is 0 Å². The minimum atomic E-state index is -0.773. The van der Waals surface area contributed by atoms with Crippen LogP contribution in [0.25, 0.3) is 0 Å². The first-order valence-corrected chi connectivity index (χ1v) is 6.70. The van der Waals surface area contributed by atoms with Crippen LogP contribution < -0.4 is 0 Å². The zero-order valence-electron chi connectivity index (χ0n) is 11.3. The third kappa shape index (κ3) is 3.60. The quantitative estimate of drug-likeness (QED) is 0.737. The topological polar surface area (TPSA) is 20.3 Å². The normalized spacial score (nSPS) is 15.3. The third-order valence-electron chi connectivity index (χ3n) is 3.25. The molecule has 4 heteroatoms. The van der Waals surface area contributed by atoms with E-state index in [0.717, 1.165) is 31.5 Å². The SMILES string of the molecule is CC(C)CN(CC(=O)c1c(F)cccc1F)C1CC1. The van der Waals surface area contributed by atoms with Gasteiger partial charge in [-0.05, 0) is 30.9 Å². The first kappa shape index (κ1) is 14.1. The molecule has 0 aliphatic heterocycles. The van der Waals surface area contributed by atoms with Gasteiger partial charge >= 0.3 is 0 Å². The van der Waals surface area contributed by atoms with Gasteiger partial charge in [0.2, 0.25) is 0 Å². The average Bonchev–Trinajstić information content (AvgIpc) is 3.10. The molecule has 0 bridgehead atoms. The molecule has 0 aromatic heterocycles. The van der Waals surface area contributed by atoms with Crippen molar-refractivity contribution in [3.05, 3.63) is 35.4 Å². The number of hydrogen-bond donors (Lipinski definition) is 0. The number of ketones is 1. The number of carbonyl (C=O) groups excluding carboxylic acids is 1. The van der Waals surface area contributed by atoms with Crippen LogP contribution in [-0.2, 0) is 0 Å². The van der Waals surface area contributed by atoms with Crippen molar-refractivity contribution in [3.8, 4) is 0 Å². The van der Waals surface area contributed by atoms with Crippen LogP contribution in [0.15, 0.2) is 18.2 Å². The van der Waals surface area contributed by atoms with E-state index >= 15 is 0 Å². The molecular weight excluding hydrogens is 248 g/mol. The number of hydrogen-bond acceptors (Lipinski definition) is 2. The van der Waals surface area contributed by atoms with Gasteiger partial charge in [0.15, 0.2) is 5.78 Å². The Labute approximate surface area is 112 Å². The maximum Gasteiger partial charge on any atom is 0.182 e. The Hall–Kier alpha value is -1.29. The fourth-order valence-corrected chi connectivity index (χ4v) is 2.28. The fourth-order valence-electron chi connectivity index (χ4n) is 2.28. The van der Waals surface area contributed by atoms with Crippen molar-refractivity contribution >= 4 is 5.78 Å². The molecule has 1 aliphatic rings. The van der Waals surface area contributed by atoms with Crippen LogP contribution in [0.5, 0.6) is 0 Å². The molecule has 1 fully saturated rings. The lowest BCUT2D eigenvalue weighted by Crippen LogP contribution is -2.35. The number of carbonyl (C=O) groups is 1. The molecule has 2 rings (SSSR count). The number of rotatable bonds is 6. The van der Waals surface area contributed by atoms with Crippen molar-refractivity contribution in [3.63, 3.8) is 0 Å². The molecule has 1 saturated carbocycles. The van der Waals surface area contributed by atoms with Gasteiger partial charge in [-0.1, -0.05) is 19.9 Å². The van der Waals surface area contributed by atoms with Crippen LogP contribution in [0.3, 0.4) is 0 Å². The molecular formula is C15H19F2NO. The van der Waals surface area contributed by atoms with E-state index in [2.05, 4.69) is 13.8 Å². The Morgan fingerprint density at radius 3 is 2.37 bits per heavy atom. The first-order chi connectivity index (χ1) is 8.99. The molecule has 0 amide bonds. The molecule has 0 atom stereocenters. The molecule has 1 aliphatic carbocycles. The van der Waals surface area contributed by atoms with Gasteiger partial charge in [-0.15, -0.1) is 0 Å². The molecule has 1 aromatic rings. The molecule has 0 spiro atoms. The molecule has 0 unspecified atom stereocenters. The lowest BCUT2D eigenvalue weighted by Gasteiger charge is -2.23. The largest absolute Gasteiger partial charge is 0.293 e. The zero-order chi connectivity index (χ0) is 14.0. The highest BCUT2D eigenvalue weighted by molar-refractivity contribution is 5.98. The monoisotopic (exact) mass is 267 g/mol. The highest BCUT2D eigenvalue weighted by Crippen LogP contribution is 2.28. The summed E-state index contributed by atoms with van der Waals surface area (Å²) in [6, 6.07) is 3.93. The predicted molar refractivity (Wildman–Crippen MR) is 70.1 cm³/mol. The molecule has 0 heterocycles. The Bertz CT molecular complexity index is 449. The van der Waals surface area contributed by atoms with Crippen molar-refractivity contribution in [2.75, 3.05) is 13.1 Å². The summed E-state index contributed by atoms with van der Waals surface area (Å²) in [7, 11) is 0. The van der Waals surface area contributed by atoms with Crippen molar-refractivity contribution in [2.24, 2.45) is 5.92 Å². The van der Waals surface area contributed by atoms with Crippen molar-refractivity contribution in [1.82, 2.24) is 4.90 Å². The molecule has 0 saturated heterocycles. The van der Waals surface area contributed by atoms with E-state index in [0.29, 0.717) is 12.0 Å². The second-order valence-corrected chi connectivity index (χ2v) is 5.57. The molecule has 0 N–H and O–H groups in total. The van der Waals surface area contributed by atoms with Crippen LogP contribution in [0, 0.1) is 17.6 Å². The van der Waals surface area contributed by atoms with Gasteiger partial charge in [0.25, 0.3) is 0 Å². The van der Waals surface area contributed by atoms with Gasteiger partial charge in [0, 0.05) is 12.6 Å². The maximum absolute atomic E-state index is 13.6. The van der Waals surface area contributed by atoms with E-state index in [-0.39, 0.29) is 6.54 Å². The van der Waals surface area contributed by atoms with Gasteiger partial charge in [-0.2, -0.15) is 0 Å². The van der Waals surface area contributed by atoms with Crippen molar-refractivity contribution < 1.29 is 13.6 Å². The van der Waals surface area contributed by atoms with Crippen molar-refractivity contribution in [1.29, 1.82) is 0 Å². The Kier molecular flexibility index (Phi) is 4.30. The van der Waals surface area contributed by atoms with Crippen LogP contribution in [0.4, 0.5) is 8.78 Å². The zero-order valence-corrected chi connectivity index (χ0v) is 11.3. The smallest absolute Gasteiger partial charge is 0.182 e. The Balaban J connectivity index is 2.10. The highest BCUT2D eigenvalue weighted by atomic mass is 19.1. The van der Waals surface area contributed by atoms with Crippen LogP contribution in [-0.4, -0.2) is 29.8 Å². The summed E-state index contributed by atoms with van der Waals surface area (Å²) in [6.07, 6.45) is 2.14.